The summed E-state index contributed by atoms with van der Waals surface area (Å²) in [6.07, 6.45) is 9.36. The third kappa shape index (κ3) is 20.5. The van der Waals surface area contributed by atoms with E-state index in [2.05, 4.69) is 20.4 Å². The van der Waals surface area contributed by atoms with Crippen LogP contribution < -0.4 is 6.15 Å². The maximum atomic E-state index is 13.4. The molecule has 0 saturated carbocycles. The number of benzene rings is 1. The lowest BCUT2D eigenvalue weighted by atomic mass is 10.0. The van der Waals surface area contributed by atoms with Gasteiger partial charge in [0.05, 0.1) is 6.61 Å². The summed E-state index contributed by atoms with van der Waals surface area (Å²) in [7, 11) is 0. The fourth-order valence-corrected chi connectivity index (χ4v) is 2.60. The molecule has 0 heterocycles. The van der Waals surface area contributed by atoms with E-state index >= 15 is 0 Å². The maximum absolute atomic E-state index is 13.4. The Morgan fingerprint density at radius 2 is 1.25 bits per heavy atom. The molecule has 0 fully saturated rings. The van der Waals surface area contributed by atoms with E-state index in [0.29, 0.717) is 37.3 Å². The lowest BCUT2D eigenvalue weighted by Crippen LogP contribution is -2.02. The SMILES string of the molecule is C.C.C=C(CCOCCC)Cc1c(F)cc(F)cc1F.CCCCCCCOCCC.N. The molecule has 1 rings (SSSR count). The molecule has 0 saturated heterocycles. The van der Waals surface area contributed by atoms with Crippen molar-refractivity contribution < 1.29 is 22.6 Å². The van der Waals surface area contributed by atoms with Gasteiger partial charge in [-0.1, -0.05) is 73.5 Å². The predicted molar refractivity (Wildman–Crippen MR) is 133 cm³/mol. The van der Waals surface area contributed by atoms with Crippen molar-refractivity contribution in [3.63, 3.8) is 0 Å². The van der Waals surface area contributed by atoms with Crippen LogP contribution in [0, 0.1) is 17.5 Å². The number of unbranched alkanes of at least 4 members (excludes halogenated alkanes) is 4. The maximum Gasteiger partial charge on any atom is 0.132 e. The van der Waals surface area contributed by atoms with E-state index in [-0.39, 0.29) is 33.0 Å². The topological polar surface area (TPSA) is 53.5 Å². The summed E-state index contributed by atoms with van der Waals surface area (Å²) in [4.78, 5) is 0. The van der Waals surface area contributed by atoms with Crippen LogP contribution in [0.4, 0.5) is 13.2 Å². The molecule has 1 aromatic carbocycles. The van der Waals surface area contributed by atoms with Gasteiger partial charge >= 0.3 is 0 Å². The normalized spacial score (nSPS) is 9.56. The monoisotopic (exact) mass is 465 g/mol. The molecule has 192 valence electrons. The first kappa shape index (κ1) is 37.9. The van der Waals surface area contributed by atoms with Crippen LogP contribution in [-0.4, -0.2) is 26.4 Å². The van der Waals surface area contributed by atoms with Crippen LogP contribution in [0.15, 0.2) is 24.3 Å². The molecule has 0 aliphatic heterocycles. The Balaban J connectivity index is -0.000000247. The minimum atomic E-state index is -0.911. The van der Waals surface area contributed by atoms with Gasteiger partial charge in [-0.2, -0.15) is 0 Å². The molecule has 0 aliphatic rings. The minimum absolute atomic E-state index is 0. The molecule has 32 heavy (non-hydrogen) atoms. The zero-order valence-electron chi connectivity index (χ0n) is 19.2. The van der Waals surface area contributed by atoms with Gasteiger partial charge in [-0.15, -0.1) is 0 Å². The predicted octanol–water partition coefficient (Wildman–Crippen LogP) is 8.84. The van der Waals surface area contributed by atoms with Crippen molar-refractivity contribution >= 4 is 0 Å². The van der Waals surface area contributed by atoms with Crippen LogP contribution in [0.2, 0.25) is 0 Å². The van der Waals surface area contributed by atoms with Gasteiger partial charge in [0.1, 0.15) is 17.5 Å². The highest BCUT2D eigenvalue weighted by Gasteiger charge is 2.12. The standard InChI is InChI=1S/C14H17F3O.C10H22O.2CH4.H3N/c1-3-5-18-6-4-10(2)7-12-13(16)8-11(15)9-14(12)17;1-3-5-6-7-8-10-11-9-4-2;;;/h8-9H,2-7H2,1H3;3-10H2,1-2H3;2*1H4;1H3. The van der Waals surface area contributed by atoms with Gasteiger partial charge < -0.3 is 15.6 Å². The zero-order chi connectivity index (χ0) is 21.9. The second-order valence-corrected chi connectivity index (χ2v) is 7.16. The summed E-state index contributed by atoms with van der Waals surface area (Å²) < 4.78 is 50.1. The Hall–Kier alpha value is -1.37. The first-order valence-corrected chi connectivity index (χ1v) is 10.9. The van der Waals surface area contributed by atoms with Crippen molar-refractivity contribution in [1.29, 1.82) is 0 Å². The van der Waals surface area contributed by atoms with E-state index < -0.39 is 17.5 Å². The molecule has 1 aromatic rings. The van der Waals surface area contributed by atoms with Gasteiger partial charge in [-0.3, -0.25) is 0 Å². The van der Waals surface area contributed by atoms with Crippen molar-refractivity contribution in [2.75, 3.05) is 26.4 Å². The molecule has 3 nitrogen and oxygen atoms in total. The van der Waals surface area contributed by atoms with Gasteiger partial charge in [0.2, 0.25) is 0 Å². The molecule has 0 aliphatic carbocycles. The first-order valence-electron chi connectivity index (χ1n) is 10.9. The summed E-state index contributed by atoms with van der Waals surface area (Å²) >= 11 is 0. The Morgan fingerprint density at radius 1 is 0.750 bits per heavy atom. The van der Waals surface area contributed by atoms with E-state index in [1.807, 2.05) is 6.92 Å². The third-order valence-corrected chi connectivity index (χ3v) is 4.22. The number of hydrogen-bond acceptors (Lipinski definition) is 3. The third-order valence-electron chi connectivity index (χ3n) is 4.22. The smallest absolute Gasteiger partial charge is 0.132 e. The number of ether oxygens (including phenoxy) is 2. The van der Waals surface area contributed by atoms with Crippen molar-refractivity contribution in [1.82, 2.24) is 6.15 Å². The number of rotatable bonds is 15. The largest absolute Gasteiger partial charge is 0.381 e. The lowest BCUT2D eigenvalue weighted by Gasteiger charge is -2.08. The molecule has 6 heteroatoms. The van der Waals surface area contributed by atoms with Crippen molar-refractivity contribution in [3.05, 3.63) is 47.3 Å². The highest BCUT2D eigenvalue weighted by Crippen LogP contribution is 2.19. The van der Waals surface area contributed by atoms with E-state index in [4.69, 9.17) is 9.47 Å². The lowest BCUT2D eigenvalue weighted by molar-refractivity contribution is 0.130. The van der Waals surface area contributed by atoms with Crippen molar-refractivity contribution in [2.45, 2.75) is 93.4 Å². The van der Waals surface area contributed by atoms with Crippen molar-refractivity contribution in [2.24, 2.45) is 0 Å². The summed E-state index contributed by atoms with van der Waals surface area (Å²) in [6, 6.07) is 1.36. The minimum Gasteiger partial charge on any atom is -0.381 e. The Morgan fingerprint density at radius 3 is 1.75 bits per heavy atom. The summed E-state index contributed by atoms with van der Waals surface area (Å²) in [5.41, 5.74) is 0.521. The quantitative estimate of drug-likeness (QED) is 0.208. The van der Waals surface area contributed by atoms with Crippen LogP contribution in [0.5, 0.6) is 0 Å². The summed E-state index contributed by atoms with van der Waals surface area (Å²) in [5.74, 6) is -2.66. The number of halogens is 3. The van der Waals surface area contributed by atoms with E-state index in [0.717, 1.165) is 26.1 Å². The molecule has 0 radical (unpaired) electrons. The Labute approximate surface area is 196 Å². The molecule has 3 N–H and O–H groups in total. The van der Waals surface area contributed by atoms with Gasteiger partial charge in [-0.05, 0) is 32.1 Å². The molecule has 0 unspecified atom stereocenters. The van der Waals surface area contributed by atoms with Crippen LogP contribution in [0.1, 0.15) is 92.6 Å². The zero-order valence-corrected chi connectivity index (χ0v) is 19.2. The van der Waals surface area contributed by atoms with Crippen LogP contribution in [0.25, 0.3) is 0 Å². The van der Waals surface area contributed by atoms with Gasteiger partial charge in [-0.25, -0.2) is 13.2 Å². The van der Waals surface area contributed by atoms with E-state index in [9.17, 15) is 13.2 Å². The van der Waals surface area contributed by atoms with E-state index in [1.54, 1.807) is 0 Å². The summed E-state index contributed by atoms with van der Waals surface area (Å²) in [5, 5.41) is 0. The fourth-order valence-electron chi connectivity index (χ4n) is 2.60. The average molecular weight is 466 g/mol. The highest BCUT2D eigenvalue weighted by molar-refractivity contribution is 5.25. The Kier molecular flexibility index (Phi) is 30.7. The van der Waals surface area contributed by atoms with Crippen molar-refractivity contribution in [3.8, 4) is 0 Å². The van der Waals surface area contributed by atoms with Gasteiger partial charge in [0, 0.05) is 37.5 Å². The molecule has 0 bridgehead atoms. The molecular formula is C26H50F3NO2. The first-order chi connectivity index (χ1) is 14.0. The summed E-state index contributed by atoms with van der Waals surface area (Å²) in [6.45, 7) is 13.2. The second kappa shape index (κ2) is 25.9. The van der Waals surface area contributed by atoms with Gasteiger partial charge in [0.15, 0.2) is 0 Å². The van der Waals surface area contributed by atoms with Crippen LogP contribution in [0.3, 0.4) is 0 Å². The molecule has 0 atom stereocenters. The molecule has 0 aromatic heterocycles. The highest BCUT2D eigenvalue weighted by atomic mass is 19.1. The van der Waals surface area contributed by atoms with Gasteiger partial charge in [0.25, 0.3) is 0 Å². The fraction of sp³-hybridized carbons (Fsp3) is 0.692. The second-order valence-electron chi connectivity index (χ2n) is 7.16. The van der Waals surface area contributed by atoms with Crippen LogP contribution >= 0.6 is 0 Å². The van der Waals surface area contributed by atoms with E-state index in [1.165, 1.54) is 32.1 Å². The number of hydrogen-bond donors (Lipinski definition) is 1. The molecule has 0 spiro atoms. The van der Waals surface area contributed by atoms with Crippen LogP contribution in [-0.2, 0) is 15.9 Å². The Bertz CT molecular complexity index is 523. The molecule has 0 amide bonds. The molecular weight excluding hydrogens is 415 g/mol. The average Bonchev–Trinajstić information content (AvgIpc) is 2.68.